The Balaban J connectivity index is 1.91. The lowest BCUT2D eigenvalue weighted by Gasteiger charge is -2.33. The summed E-state index contributed by atoms with van der Waals surface area (Å²) in [5.41, 5.74) is -0.780. The lowest BCUT2D eigenvalue weighted by molar-refractivity contribution is -0.141. The summed E-state index contributed by atoms with van der Waals surface area (Å²) in [5, 5.41) is 13.1. The van der Waals surface area contributed by atoms with Gasteiger partial charge >= 0.3 is 6.18 Å². The van der Waals surface area contributed by atoms with Crippen molar-refractivity contribution in [3.8, 4) is 17.2 Å². The first-order valence-corrected chi connectivity index (χ1v) is 12.0. The number of hydrogen-bond acceptors (Lipinski definition) is 4. The van der Waals surface area contributed by atoms with Crippen LogP contribution in [0.3, 0.4) is 0 Å². The normalized spacial score (nSPS) is 15.9. The molecule has 0 radical (unpaired) electrons. The number of benzene rings is 1. The zero-order chi connectivity index (χ0) is 25.3. The van der Waals surface area contributed by atoms with Gasteiger partial charge in [-0.3, -0.25) is 9.48 Å². The van der Waals surface area contributed by atoms with Gasteiger partial charge < -0.3 is 4.90 Å². The predicted molar refractivity (Wildman–Crippen MR) is 124 cm³/mol. The Morgan fingerprint density at radius 1 is 1.37 bits per heavy atom. The number of nitriles is 1. The van der Waals surface area contributed by atoms with E-state index >= 15 is 4.39 Å². The van der Waals surface area contributed by atoms with E-state index in [9.17, 15) is 23.2 Å². The number of carbonyl (C=O) groups excluding carboxylic acids is 1. The number of halogens is 5. The molecule has 0 saturated heterocycles. The topological polar surface area (TPSA) is 61.9 Å². The number of carbonyl (C=O) groups is 1. The van der Waals surface area contributed by atoms with Crippen molar-refractivity contribution in [1.82, 2.24) is 14.7 Å². The molecule has 4 rings (SSSR count). The monoisotopic (exact) mass is 522 g/mol. The van der Waals surface area contributed by atoms with Gasteiger partial charge in [0.05, 0.1) is 6.54 Å². The Morgan fingerprint density at radius 2 is 2.14 bits per heavy atom. The van der Waals surface area contributed by atoms with E-state index in [4.69, 9.17) is 11.6 Å². The summed E-state index contributed by atoms with van der Waals surface area (Å²) in [4.78, 5) is 15.4. The van der Waals surface area contributed by atoms with Gasteiger partial charge in [0.1, 0.15) is 16.8 Å². The van der Waals surface area contributed by atoms with Crippen molar-refractivity contribution in [3.05, 3.63) is 75.0 Å². The van der Waals surface area contributed by atoms with Crippen LogP contribution < -0.4 is 0 Å². The molecule has 1 aromatic carbocycles. The van der Waals surface area contributed by atoms with Gasteiger partial charge in [0.25, 0.3) is 0 Å². The van der Waals surface area contributed by atoms with Crippen LogP contribution in [0.2, 0.25) is 0 Å². The van der Waals surface area contributed by atoms with Crippen LogP contribution in [0.5, 0.6) is 0 Å². The third kappa shape index (κ3) is 4.83. The maximum Gasteiger partial charge on any atom is 0.435 e. The van der Waals surface area contributed by atoms with Gasteiger partial charge in [-0.2, -0.15) is 23.5 Å². The standard InChI is InChI=1S/C24H19ClF4N4OS/c1-2-33-12-18(23(31-33)24(27,28)29)22-15(5-3-6-19(22)26)17-11-32(21(34)7-4-8-25)13-20-16(17)9-14(10-30)35-20/h3-7,9,12,17H,2,8,11,13H2,1H3/b7-4+/t17-/m0/s1. The van der Waals surface area contributed by atoms with Gasteiger partial charge in [-0.15, -0.1) is 22.9 Å². The summed E-state index contributed by atoms with van der Waals surface area (Å²) in [6, 6.07) is 7.83. The van der Waals surface area contributed by atoms with Crippen molar-refractivity contribution >= 4 is 28.8 Å². The number of rotatable bonds is 5. The fourth-order valence-electron chi connectivity index (χ4n) is 4.25. The van der Waals surface area contributed by atoms with Gasteiger partial charge in [-0.25, -0.2) is 4.39 Å². The molecule has 3 heterocycles. The van der Waals surface area contributed by atoms with E-state index in [2.05, 4.69) is 11.2 Å². The molecule has 35 heavy (non-hydrogen) atoms. The fraction of sp³-hybridized carbons (Fsp3) is 0.292. The van der Waals surface area contributed by atoms with E-state index in [0.29, 0.717) is 10.4 Å². The van der Waals surface area contributed by atoms with E-state index in [1.54, 1.807) is 19.1 Å². The Kier molecular flexibility index (Phi) is 7.01. The zero-order valence-corrected chi connectivity index (χ0v) is 20.0. The maximum absolute atomic E-state index is 15.3. The van der Waals surface area contributed by atoms with Crippen LogP contribution >= 0.6 is 22.9 Å². The smallest absolute Gasteiger partial charge is 0.333 e. The molecule has 0 spiro atoms. The van der Waals surface area contributed by atoms with Crippen molar-refractivity contribution in [2.45, 2.75) is 32.1 Å². The summed E-state index contributed by atoms with van der Waals surface area (Å²) in [6.07, 6.45) is -0.786. The van der Waals surface area contributed by atoms with E-state index in [1.807, 2.05) is 0 Å². The quantitative estimate of drug-likeness (QED) is 0.237. The van der Waals surface area contributed by atoms with Crippen molar-refractivity contribution in [3.63, 3.8) is 0 Å². The largest absolute Gasteiger partial charge is 0.435 e. The van der Waals surface area contributed by atoms with E-state index in [1.165, 1.54) is 40.7 Å². The van der Waals surface area contributed by atoms with Gasteiger partial charge in [0.15, 0.2) is 5.69 Å². The average Bonchev–Trinajstić information content (AvgIpc) is 3.45. The average molecular weight is 523 g/mol. The summed E-state index contributed by atoms with van der Waals surface area (Å²) < 4.78 is 58.0. The highest BCUT2D eigenvalue weighted by Gasteiger charge is 2.40. The molecular weight excluding hydrogens is 504 g/mol. The highest BCUT2D eigenvalue weighted by atomic mass is 35.5. The molecule has 3 aromatic rings. The van der Waals surface area contributed by atoms with E-state index in [-0.39, 0.29) is 48.1 Å². The number of nitrogens with zero attached hydrogens (tertiary/aromatic N) is 4. The number of aromatic nitrogens is 2. The molecule has 1 aliphatic rings. The second kappa shape index (κ2) is 9.84. The molecule has 11 heteroatoms. The van der Waals surface area contributed by atoms with Gasteiger partial charge in [-0.1, -0.05) is 18.2 Å². The number of amides is 1. The zero-order valence-electron chi connectivity index (χ0n) is 18.4. The molecule has 0 unspecified atom stereocenters. The Bertz CT molecular complexity index is 1340. The van der Waals surface area contributed by atoms with Crippen LogP contribution in [-0.4, -0.2) is 33.0 Å². The molecule has 5 nitrogen and oxygen atoms in total. The minimum absolute atomic E-state index is 0.0970. The van der Waals surface area contributed by atoms with Gasteiger partial charge in [0.2, 0.25) is 5.91 Å². The van der Waals surface area contributed by atoms with Crippen LogP contribution in [0.25, 0.3) is 11.1 Å². The minimum Gasteiger partial charge on any atom is -0.333 e. The number of allylic oxidation sites excluding steroid dienone is 1. The minimum atomic E-state index is -4.79. The summed E-state index contributed by atoms with van der Waals surface area (Å²) in [6.45, 7) is 2.14. The second-order valence-electron chi connectivity index (χ2n) is 7.88. The first-order valence-electron chi connectivity index (χ1n) is 10.6. The van der Waals surface area contributed by atoms with E-state index in [0.717, 1.165) is 15.6 Å². The van der Waals surface area contributed by atoms with Crippen molar-refractivity contribution in [2.75, 3.05) is 12.4 Å². The number of thiophene rings is 1. The summed E-state index contributed by atoms with van der Waals surface area (Å²) in [7, 11) is 0. The Hall–Kier alpha value is -3.16. The Labute approximate surface area is 207 Å². The van der Waals surface area contributed by atoms with Crippen LogP contribution in [0.15, 0.2) is 42.6 Å². The summed E-state index contributed by atoms with van der Waals surface area (Å²) >= 11 is 6.86. The first-order chi connectivity index (χ1) is 16.7. The number of hydrogen-bond donors (Lipinski definition) is 0. The van der Waals surface area contributed by atoms with Crippen LogP contribution in [0.4, 0.5) is 17.6 Å². The third-order valence-corrected chi connectivity index (χ3v) is 6.99. The second-order valence-corrected chi connectivity index (χ2v) is 9.32. The molecule has 2 aromatic heterocycles. The van der Waals surface area contributed by atoms with Crippen molar-refractivity contribution < 1.29 is 22.4 Å². The molecule has 1 amide bonds. The maximum atomic E-state index is 15.3. The highest BCUT2D eigenvalue weighted by molar-refractivity contribution is 7.12. The molecule has 0 aliphatic carbocycles. The van der Waals surface area contributed by atoms with E-state index < -0.39 is 23.6 Å². The molecule has 1 atom stereocenters. The number of aryl methyl sites for hydroxylation is 1. The van der Waals surface area contributed by atoms with Gasteiger partial charge in [-0.05, 0) is 30.2 Å². The fourth-order valence-corrected chi connectivity index (χ4v) is 5.37. The molecule has 0 saturated carbocycles. The van der Waals surface area contributed by atoms with Crippen molar-refractivity contribution in [2.24, 2.45) is 0 Å². The summed E-state index contributed by atoms with van der Waals surface area (Å²) in [5.74, 6) is -1.67. The third-order valence-electron chi connectivity index (χ3n) is 5.77. The predicted octanol–water partition coefficient (Wildman–Crippen LogP) is 5.93. The molecule has 0 N–H and O–H groups in total. The molecule has 0 fully saturated rings. The number of fused-ring (bicyclic) bond motifs is 1. The lowest BCUT2D eigenvalue weighted by Crippen LogP contribution is -2.37. The lowest BCUT2D eigenvalue weighted by atomic mass is 9.83. The highest BCUT2D eigenvalue weighted by Crippen LogP contribution is 2.45. The first kappa shape index (κ1) is 24.9. The van der Waals surface area contributed by atoms with Crippen LogP contribution in [0.1, 0.15) is 39.4 Å². The molecule has 1 aliphatic heterocycles. The number of alkyl halides is 4. The molecule has 0 bridgehead atoms. The molecule has 182 valence electrons. The Morgan fingerprint density at radius 3 is 2.80 bits per heavy atom. The van der Waals surface area contributed by atoms with Crippen molar-refractivity contribution in [1.29, 1.82) is 5.26 Å². The van der Waals surface area contributed by atoms with Gasteiger partial charge in [0, 0.05) is 53.2 Å². The SMILES string of the molecule is CCn1cc(-c2c(F)cccc2[C@@H]2CN(C(=O)/C=C/CCl)Cc3sc(C#N)cc32)c(C(F)(F)F)n1. The molecular formula is C24H19ClF4N4OS. The van der Waals surface area contributed by atoms with Crippen LogP contribution in [-0.2, 0) is 24.1 Å². The van der Waals surface area contributed by atoms with Crippen LogP contribution in [0, 0.1) is 17.1 Å².